The first kappa shape index (κ1) is 11.3. The average molecular weight is 206 g/mol. The van der Waals surface area contributed by atoms with E-state index in [1.807, 2.05) is 19.1 Å². The Bertz CT molecular complexity index is 352. The highest BCUT2D eigenvalue weighted by Gasteiger charge is 2.11. The fraction of sp³-hybridized carbons (Fsp3) is 0.250. The molecule has 0 aliphatic heterocycles. The molecule has 0 heterocycles. The van der Waals surface area contributed by atoms with E-state index in [4.69, 9.17) is 10.2 Å². The molecule has 0 saturated heterocycles. The minimum Gasteiger partial charge on any atom is -0.508 e. The SMILES string of the molecule is C/C=C/C(CC(=O)O)c1ccc(O)cc1. The van der Waals surface area contributed by atoms with Gasteiger partial charge in [0.05, 0.1) is 6.42 Å². The number of carbonyl (C=O) groups is 1. The number of aromatic hydroxyl groups is 1. The Kier molecular flexibility index (Phi) is 3.92. The molecule has 3 heteroatoms. The van der Waals surface area contributed by atoms with E-state index >= 15 is 0 Å². The van der Waals surface area contributed by atoms with Crippen molar-refractivity contribution in [2.24, 2.45) is 0 Å². The lowest BCUT2D eigenvalue weighted by Gasteiger charge is -2.10. The summed E-state index contributed by atoms with van der Waals surface area (Å²) < 4.78 is 0. The van der Waals surface area contributed by atoms with E-state index in [1.54, 1.807) is 24.3 Å². The normalized spacial score (nSPS) is 12.9. The number of benzene rings is 1. The maximum atomic E-state index is 10.6. The summed E-state index contributed by atoms with van der Waals surface area (Å²) in [5.41, 5.74) is 0.897. The van der Waals surface area contributed by atoms with Gasteiger partial charge < -0.3 is 10.2 Å². The van der Waals surface area contributed by atoms with E-state index in [1.165, 1.54) is 0 Å². The van der Waals surface area contributed by atoms with Gasteiger partial charge in [-0.2, -0.15) is 0 Å². The summed E-state index contributed by atoms with van der Waals surface area (Å²) in [6, 6.07) is 6.60. The van der Waals surface area contributed by atoms with Crippen molar-refractivity contribution in [2.45, 2.75) is 19.3 Å². The molecular weight excluding hydrogens is 192 g/mol. The van der Waals surface area contributed by atoms with Gasteiger partial charge in [0, 0.05) is 5.92 Å². The fourth-order valence-corrected chi connectivity index (χ4v) is 1.44. The molecule has 1 unspecified atom stereocenters. The van der Waals surface area contributed by atoms with Crippen LogP contribution < -0.4 is 0 Å². The van der Waals surface area contributed by atoms with Gasteiger partial charge >= 0.3 is 5.97 Å². The molecule has 0 radical (unpaired) electrons. The monoisotopic (exact) mass is 206 g/mol. The van der Waals surface area contributed by atoms with E-state index < -0.39 is 5.97 Å². The Morgan fingerprint density at radius 3 is 2.47 bits per heavy atom. The highest BCUT2D eigenvalue weighted by molar-refractivity contribution is 5.68. The van der Waals surface area contributed by atoms with Crippen LogP contribution in [0.2, 0.25) is 0 Å². The van der Waals surface area contributed by atoms with Crippen molar-refractivity contribution < 1.29 is 15.0 Å². The Hall–Kier alpha value is -1.77. The second kappa shape index (κ2) is 5.20. The van der Waals surface area contributed by atoms with Crippen LogP contribution >= 0.6 is 0 Å². The van der Waals surface area contributed by atoms with Crippen molar-refractivity contribution in [1.82, 2.24) is 0 Å². The maximum absolute atomic E-state index is 10.6. The van der Waals surface area contributed by atoms with Crippen molar-refractivity contribution in [2.75, 3.05) is 0 Å². The molecule has 0 fully saturated rings. The van der Waals surface area contributed by atoms with Crippen LogP contribution in [0, 0.1) is 0 Å². The molecule has 0 spiro atoms. The molecule has 1 aromatic rings. The Morgan fingerprint density at radius 1 is 1.40 bits per heavy atom. The highest BCUT2D eigenvalue weighted by atomic mass is 16.4. The number of allylic oxidation sites excluding steroid dienone is 2. The number of hydrogen-bond donors (Lipinski definition) is 2. The Morgan fingerprint density at radius 2 is 2.00 bits per heavy atom. The summed E-state index contributed by atoms with van der Waals surface area (Å²) in [4.78, 5) is 10.6. The third-order valence-electron chi connectivity index (χ3n) is 2.14. The summed E-state index contributed by atoms with van der Waals surface area (Å²) in [5.74, 6) is -0.771. The van der Waals surface area contributed by atoms with Gasteiger partial charge in [-0.05, 0) is 24.6 Å². The molecule has 1 rings (SSSR count). The van der Waals surface area contributed by atoms with Crippen LogP contribution in [-0.4, -0.2) is 16.2 Å². The topological polar surface area (TPSA) is 57.5 Å². The molecule has 0 aliphatic carbocycles. The van der Waals surface area contributed by atoms with Crippen molar-refractivity contribution in [3.05, 3.63) is 42.0 Å². The van der Waals surface area contributed by atoms with E-state index in [2.05, 4.69) is 0 Å². The standard InChI is InChI=1S/C12H14O3/c1-2-3-10(8-12(14)15)9-4-6-11(13)7-5-9/h2-7,10,13H,8H2,1H3,(H,14,15)/b3-2+. The van der Waals surface area contributed by atoms with Crippen LogP contribution in [-0.2, 0) is 4.79 Å². The lowest BCUT2D eigenvalue weighted by atomic mass is 9.95. The predicted octanol–water partition coefficient (Wildman–Crippen LogP) is 2.53. The lowest BCUT2D eigenvalue weighted by Crippen LogP contribution is -2.03. The van der Waals surface area contributed by atoms with Crippen LogP contribution in [0.3, 0.4) is 0 Å². The molecular formula is C12H14O3. The zero-order valence-corrected chi connectivity index (χ0v) is 8.55. The van der Waals surface area contributed by atoms with Gasteiger partial charge in [-0.1, -0.05) is 24.3 Å². The summed E-state index contributed by atoms with van der Waals surface area (Å²) in [7, 11) is 0. The smallest absolute Gasteiger partial charge is 0.304 e. The molecule has 1 atom stereocenters. The zero-order valence-electron chi connectivity index (χ0n) is 8.55. The molecule has 80 valence electrons. The van der Waals surface area contributed by atoms with Gasteiger partial charge in [0.2, 0.25) is 0 Å². The van der Waals surface area contributed by atoms with Crippen LogP contribution in [0.15, 0.2) is 36.4 Å². The first-order valence-corrected chi connectivity index (χ1v) is 4.77. The molecule has 1 aromatic carbocycles. The Balaban J connectivity index is 2.88. The van der Waals surface area contributed by atoms with E-state index in [-0.39, 0.29) is 18.1 Å². The third kappa shape index (κ3) is 3.46. The number of hydrogen-bond acceptors (Lipinski definition) is 2. The maximum Gasteiger partial charge on any atom is 0.304 e. The van der Waals surface area contributed by atoms with Crippen LogP contribution in [0.5, 0.6) is 5.75 Å². The summed E-state index contributed by atoms with van der Waals surface area (Å²) in [6.45, 7) is 1.86. The molecule has 3 nitrogen and oxygen atoms in total. The largest absolute Gasteiger partial charge is 0.508 e. The van der Waals surface area contributed by atoms with Crippen LogP contribution in [0.1, 0.15) is 24.8 Å². The molecule has 0 amide bonds. The quantitative estimate of drug-likeness (QED) is 0.744. The Labute approximate surface area is 88.7 Å². The van der Waals surface area contributed by atoms with Crippen LogP contribution in [0.4, 0.5) is 0 Å². The number of aliphatic carboxylic acids is 1. The average Bonchev–Trinajstić information content (AvgIpc) is 2.17. The number of carboxylic acids is 1. The van der Waals surface area contributed by atoms with Crippen molar-refractivity contribution in [3.63, 3.8) is 0 Å². The molecule has 0 bridgehead atoms. The highest BCUT2D eigenvalue weighted by Crippen LogP contribution is 2.23. The van der Waals surface area contributed by atoms with Gasteiger partial charge in [0.15, 0.2) is 0 Å². The van der Waals surface area contributed by atoms with Gasteiger partial charge in [0.25, 0.3) is 0 Å². The molecule has 2 N–H and O–H groups in total. The van der Waals surface area contributed by atoms with Gasteiger partial charge in [-0.15, -0.1) is 0 Å². The van der Waals surface area contributed by atoms with E-state index in [0.717, 1.165) is 5.56 Å². The fourth-order valence-electron chi connectivity index (χ4n) is 1.44. The second-order valence-corrected chi connectivity index (χ2v) is 3.32. The molecule has 0 aromatic heterocycles. The minimum absolute atomic E-state index is 0.0646. The summed E-state index contributed by atoms with van der Waals surface area (Å²) >= 11 is 0. The summed E-state index contributed by atoms with van der Waals surface area (Å²) in [5, 5.41) is 17.9. The zero-order chi connectivity index (χ0) is 11.3. The minimum atomic E-state index is -0.828. The molecule has 0 aliphatic rings. The van der Waals surface area contributed by atoms with E-state index in [9.17, 15) is 4.79 Å². The first-order chi connectivity index (χ1) is 7.13. The number of phenolic OH excluding ortho intramolecular Hbond substituents is 1. The lowest BCUT2D eigenvalue weighted by molar-refractivity contribution is -0.137. The van der Waals surface area contributed by atoms with Gasteiger partial charge in [-0.25, -0.2) is 0 Å². The predicted molar refractivity (Wildman–Crippen MR) is 57.9 cm³/mol. The number of phenols is 1. The van der Waals surface area contributed by atoms with Crippen molar-refractivity contribution in [3.8, 4) is 5.75 Å². The van der Waals surface area contributed by atoms with Crippen LogP contribution in [0.25, 0.3) is 0 Å². The second-order valence-electron chi connectivity index (χ2n) is 3.32. The number of carboxylic acid groups (broad SMARTS) is 1. The van der Waals surface area contributed by atoms with Crippen molar-refractivity contribution in [1.29, 1.82) is 0 Å². The number of rotatable bonds is 4. The third-order valence-corrected chi connectivity index (χ3v) is 2.14. The van der Waals surface area contributed by atoms with Crippen molar-refractivity contribution >= 4 is 5.97 Å². The molecule has 15 heavy (non-hydrogen) atoms. The molecule has 0 saturated carbocycles. The van der Waals surface area contributed by atoms with Gasteiger partial charge in [-0.3, -0.25) is 4.79 Å². The van der Waals surface area contributed by atoms with Gasteiger partial charge in [0.1, 0.15) is 5.75 Å². The summed E-state index contributed by atoms with van der Waals surface area (Å²) in [6.07, 6.45) is 3.75. The first-order valence-electron chi connectivity index (χ1n) is 4.77. The van der Waals surface area contributed by atoms with E-state index in [0.29, 0.717) is 0 Å².